The third-order valence-electron chi connectivity index (χ3n) is 4.43. The van der Waals surface area contributed by atoms with Crippen molar-refractivity contribution in [1.29, 1.82) is 0 Å². The van der Waals surface area contributed by atoms with Crippen LogP contribution >= 0.6 is 0 Å². The van der Waals surface area contributed by atoms with E-state index in [1.165, 1.54) is 0 Å². The van der Waals surface area contributed by atoms with Crippen LogP contribution in [0.15, 0.2) is 30.6 Å². The topological polar surface area (TPSA) is 79.0 Å². The van der Waals surface area contributed by atoms with Crippen molar-refractivity contribution < 1.29 is 4.74 Å². The van der Waals surface area contributed by atoms with Crippen LogP contribution < -0.4 is 10.2 Å². The van der Waals surface area contributed by atoms with E-state index < -0.39 is 0 Å². The van der Waals surface area contributed by atoms with E-state index in [2.05, 4.69) is 34.0 Å². The van der Waals surface area contributed by atoms with Crippen molar-refractivity contribution in [1.82, 2.24) is 19.9 Å². The molecule has 0 bridgehead atoms. The number of nitrogens with zero attached hydrogens (tertiary/aromatic N) is 4. The van der Waals surface area contributed by atoms with E-state index >= 15 is 0 Å². The zero-order valence-corrected chi connectivity index (χ0v) is 14.5. The smallest absolute Gasteiger partial charge is 0.164 e. The largest absolute Gasteiger partial charge is 0.377 e. The molecule has 0 aliphatic carbocycles. The number of fused-ring (bicyclic) bond motifs is 1. The molecule has 1 fully saturated rings. The van der Waals surface area contributed by atoms with Gasteiger partial charge in [0.05, 0.1) is 19.3 Å². The number of morpholine rings is 1. The van der Waals surface area contributed by atoms with E-state index in [0.29, 0.717) is 12.4 Å². The second-order valence-electron chi connectivity index (χ2n) is 6.18. The second kappa shape index (κ2) is 6.68. The zero-order valence-electron chi connectivity index (χ0n) is 14.5. The van der Waals surface area contributed by atoms with Crippen molar-refractivity contribution in [3.63, 3.8) is 0 Å². The third-order valence-corrected chi connectivity index (χ3v) is 4.43. The molecule has 130 valence electrons. The zero-order chi connectivity index (χ0) is 17.2. The quantitative estimate of drug-likeness (QED) is 0.761. The standard InChI is InChI=1S/C18H22N6O/c1-3-19-15-10-16(24-8-9-25-11-12(24)2)23-18(22-15)14-5-7-21-17-13(14)4-6-20-17/h4-7,10,12H,3,8-9,11H2,1-2H3,(H,20,21)(H,19,22,23). The number of hydrogen-bond acceptors (Lipinski definition) is 6. The Labute approximate surface area is 146 Å². The normalized spacial score (nSPS) is 17.8. The van der Waals surface area contributed by atoms with Gasteiger partial charge in [-0.1, -0.05) is 0 Å². The summed E-state index contributed by atoms with van der Waals surface area (Å²) < 4.78 is 5.56. The molecule has 1 atom stereocenters. The second-order valence-corrected chi connectivity index (χ2v) is 6.18. The summed E-state index contributed by atoms with van der Waals surface area (Å²) >= 11 is 0. The van der Waals surface area contributed by atoms with Crippen LogP contribution in [0.25, 0.3) is 22.4 Å². The first kappa shape index (κ1) is 15.8. The molecule has 25 heavy (non-hydrogen) atoms. The van der Waals surface area contributed by atoms with Gasteiger partial charge >= 0.3 is 0 Å². The summed E-state index contributed by atoms with van der Waals surface area (Å²) in [4.78, 5) is 19.4. The van der Waals surface area contributed by atoms with Gasteiger partial charge in [-0.3, -0.25) is 0 Å². The Balaban J connectivity index is 1.83. The Kier molecular flexibility index (Phi) is 4.23. The predicted octanol–water partition coefficient (Wildman–Crippen LogP) is 2.68. The van der Waals surface area contributed by atoms with Gasteiger partial charge < -0.3 is 19.9 Å². The number of H-pyrrole nitrogens is 1. The molecule has 0 spiro atoms. The highest BCUT2D eigenvalue weighted by Gasteiger charge is 2.22. The fourth-order valence-electron chi connectivity index (χ4n) is 3.20. The maximum absolute atomic E-state index is 5.56. The maximum atomic E-state index is 5.56. The molecule has 0 saturated carbocycles. The van der Waals surface area contributed by atoms with Crippen molar-refractivity contribution in [2.75, 3.05) is 36.5 Å². The van der Waals surface area contributed by atoms with Crippen molar-refractivity contribution >= 4 is 22.7 Å². The fourth-order valence-corrected chi connectivity index (χ4v) is 3.20. The monoisotopic (exact) mass is 338 g/mol. The first-order valence-corrected chi connectivity index (χ1v) is 8.66. The number of rotatable bonds is 4. The van der Waals surface area contributed by atoms with Gasteiger partial charge in [-0.25, -0.2) is 15.0 Å². The van der Waals surface area contributed by atoms with Gasteiger partial charge in [0, 0.05) is 42.5 Å². The molecule has 4 rings (SSSR count). The van der Waals surface area contributed by atoms with Crippen LogP contribution in [0.3, 0.4) is 0 Å². The number of nitrogens with one attached hydrogen (secondary N) is 2. The highest BCUT2D eigenvalue weighted by atomic mass is 16.5. The molecular formula is C18H22N6O. The van der Waals surface area contributed by atoms with E-state index in [9.17, 15) is 0 Å². The van der Waals surface area contributed by atoms with Crippen LogP contribution in [0.1, 0.15) is 13.8 Å². The fraction of sp³-hybridized carbons (Fsp3) is 0.389. The summed E-state index contributed by atoms with van der Waals surface area (Å²) in [6.45, 7) is 7.30. The average Bonchev–Trinajstić information content (AvgIpc) is 3.11. The summed E-state index contributed by atoms with van der Waals surface area (Å²) in [5, 5.41) is 4.35. The van der Waals surface area contributed by atoms with Crippen LogP contribution in [-0.4, -0.2) is 52.3 Å². The van der Waals surface area contributed by atoms with E-state index in [1.54, 1.807) is 6.20 Å². The Hall–Kier alpha value is -2.67. The molecule has 1 aliphatic rings. The van der Waals surface area contributed by atoms with E-state index in [-0.39, 0.29) is 6.04 Å². The molecule has 0 aromatic carbocycles. The third kappa shape index (κ3) is 3.02. The summed E-state index contributed by atoms with van der Waals surface area (Å²) in [6.07, 6.45) is 3.68. The van der Waals surface area contributed by atoms with Gasteiger partial charge in [-0.05, 0) is 26.0 Å². The molecule has 4 heterocycles. The number of aromatic nitrogens is 4. The van der Waals surface area contributed by atoms with E-state index in [0.717, 1.165) is 47.9 Å². The summed E-state index contributed by atoms with van der Waals surface area (Å²) in [6, 6.07) is 6.28. The molecule has 7 heteroatoms. The minimum Gasteiger partial charge on any atom is -0.377 e. The van der Waals surface area contributed by atoms with Crippen LogP contribution in [0.2, 0.25) is 0 Å². The SMILES string of the molecule is CCNc1cc(N2CCOCC2C)nc(-c2ccnc3[nH]ccc23)n1. The number of hydrogen-bond donors (Lipinski definition) is 2. The number of pyridine rings is 1. The van der Waals surface area contributed by atoms with Gasteiger partial charge in [0.1, 0.15) is 17.3 Å². The first-order valence-electron chi connectivity index (χ1n) is 8.66. The molecular weight excluding hydrogens is 316 g/mol. The average molecular weight is 338 g/mol. The van der Waals surface area contributed by atoms with Gasteiger partial charge in [0.25, 0.3) is 0 Å². The Morgan fingerprint density at radius 3 is 3.12 bits per heavy atom. The van der Waals surface area contributed by atoms with E-state index in [4.69, 9.17) is 14.7 Å². The van der Waals surface area contributed by atoms with Crippen LogP contribution in [0, 0.1) is 0 Å². The summed E-state index contributed by atoms with van der Waals surface area (Å²) in [5.74, 6) is 2.47. The molecule has 1 unspecified atom stereocenters. The number of anilines is 2. The molecule has 3 aromatic rings. The molecule has 0 radical (unpaired) electrons. The Bertz CT molecular complexity index is 877. The van der Waals surface area contributed by atoms with Crippen molar-refractivity contribution in [3.8, 4) is 11.4 Å². The number of ether oxygens (including phenoxy) is 1. The van der Waals surface area contributed by atoms with Gasteiger partial charge in [0.15, 0.2) is 5.82 Å². The van der Waals surface area contributed by atoms with Crippen molar-refractivity contribution in [2.45, 2.75) is 19.9 Å². The summed E-state index contributed by atoms with van der Waals surface area (Å²) in [5.41, 5.74) is 1.82. The van der Waals surface area contributed by atoms with Gasteiger partial charge in [-0.2, -0.15) is 0 Å². The van der Waals surface area contributed by atoms with Gasteiger partial charge in [0.2, 0.25) is 0 Å². The maximum Gasteiger partial charge on any atom is 0.164 e. The highest BCUT2D eigenvalue weighted by molar-refractivity contribution is 5.91. The van der Waals surface area contributed by atoms with Crippen molar-refractivity contribution in [3.05, 3.63) is 30.6 Å². The Morgan fingerprint density at radius 1 is 1.36 bits per heavy atom. The molecule has 1 saturated heterocycles. The molecule has 1 aliphatic heterocycles. The molecule has 0 amide bonds. The first-order chi connectivity index (χ1) is 12.3. The highest BCUT2D eigenvalue weighted by Crippen LogP contribution is 2.28. The van der Waals surface area contributed by atoms with E-state index in [1.807, 2.05) is 24.4 Å². The lowest BCUT2D eigenvalue weighted by atomic mass is 10.1. The lowest BCUT2D eigenvalue weighted by Gasteiger charge is -2.34. The predicted molar refractivity (Wildman–Crippen MR) is 98.9 cm³/mol. The lowest BCUT2D eigenvalue weighted by Crippen LogP contribution is -2.44. The lowest BCUT2D eigenvalue weighted by molar-refractivity contribution is 0.0985. The van der Waals surface area contributed by atoms with Crippen molar-refractivity contribution in [2.24, 2.45) is 0 Å². The van der Waals surface area contributed by atoms with Gasteiger partial charge in [-0.15, -0.1) is 0 Å². The minimum absolute atomic E-state index is 0.288. The molecule has 7 nitrogen and oxygen atoms in total. The molecule has 2 N–H and O–H groups in total. The molecule has 3 aromatic heterocycles. The minimum atomic E-state index is 0.288. The van der Waals surface area contributed by atoms with Crippen LogP contribution in [-0.2, 0) is 4.74 Å². The van der Waals surface area contributed by atoms with Crippen LogP contribution in [0.4, 0.5) is 11.6 Å². The Morgan fingerprint density at radius 2 is 2.28 bits per heavy atom. The number of aromatic amines is 1. The summed E-state index contributed by atoms with van der Waals surface area (Å²) in [7, 11) is 0. The van der Waals surface area contributed by atoms with Crippen LogP contribution in [0.5, 0.6) is 0 Å².